The van der Waals surface area contributed by atoms with Crippen molar-refractivity contribution >= 4 is 37.9 Å². The predicted molar refractivity (Wildman–Crippen MR) is 133 cm³/mol. The van der Waals surface area contributed by atoms with E-state index in [0.29, 0.717) is 28.8 Å². The fourth-order valence-corrected chi connectivity index (χ4v) is 5.32. The Morgan fingerprint density at radius 3 is 2.46 bits per heavy atom. The monoisotopic (exact) mass is 499 g/mol. The Kier molecular flexibility index (Phi) is 7.17. The van der Waals surface area contributed by atoms with Gasteiger partial charge in [0.25, 0.3) is 0 Å². The van der Waals surface area contributed by atoms with E-state index in [9.17, 15) is 8.42 Å². The van der Waals surface area contributed by atoms with Crippen LogP contribution < -0.4 is 5.73 Å². The first-order chi connectivity index (χ1) is 16.7. The van der Waals surface area contributed by atoms with Crippen LogP contribution in [0.3, 0.4) is 0 Å². The van der Waals surface area contributed by atoms with Crippen LogP contribution in [0.4, 0.5) is 0 Å². The van der Waals surface area contributed by atoms with Crippen LogP contribution in [-0.4, -0.2) is 78.6 Å². The van der Waals surface area contributed by atoms with Gasteiger partial charge in [-0.15, -0.1) is 0 Å². The van der Waals surface area contributed by atoms with Crippen molar-refractivity contribution in [3.8, 4) is 0 Å². The molecular weight excluding hydrogens is 470 g/mol. The lowest BCUT2D eigenvalue weighted by molar-refractivity contribution is 0.150. The van der Waals surface area contributed by atoms with E-state index in [0.717, 1.165) is 16.9 Å². The summed E-state index contributed by atoms with van der Waals surface area (Å²) in [5, 5.41) is 7.61. The number of methoxy groups -OCH3 is 2. The molecule has 0 spiro atoms. The number of nitrogens with one attached hydrogen (secondary N) is 2. The second kappa shape index (κ2) is 10.1. The molecule has 0 aliphatic carbocycles. The number of aromatic nitrogens is 4. The molecule has 186 valence electrons. The topological polar surface area (TPSA) is 152 Å². The summed E-state index contributed by atoms with van der Waals surface area (Å²) in [4.78, 5) is 12.7. The fraction of sp³-hybridized carbons (Fsp3) is 0.348. The molecular formula is C23H29N7O4S. The fourth-order valence-electron chi connectivity index (χ4n) is 3.90. The van der Waals surface area contributed by atoms with Crippen molar-refractivity contribution in [2.75, 3.05) is 40.5 Å². The van der Waals surface area contributed by atoms with Crippen LogP contribution >= 0.6 is 0 Å². The highest BCUT2D eigenvalue weighted by Crippen LogP contribution is 2.24. The number of hydrogen-bond acceptors (Lipinski definition) is 7. The summed E-state index contributed by atoms with van der Waals surface area (Å²) in [6.07, 6.45) is 0.422. The van der Waals surface area contributed by atoms with E-state index in [-0.39, 0.29) is 37.0 Å². The molecule has 4 rings (SSSR count). The van der Waals surface area contributed by atoms with Gasteiger partial charge in [-0.2, -0.15) is 4.31 Å². The third-order valence-electron chi connectivity index (χ3n) is 5.84. The first-order valence-corrected chi connectivity index (χ1v) is 12.4. The number of nitrogens with two attached hydrogens (primary N) is 1. The Hall–Kier alpha value is -3.32. The van der Waals surface area contributed by atoms with Gasteiger partial charge in [-0.3, -0.25) is 5.41 Å². The van der Waals surface area contributed by atoms with Crippen molar-refractivity contribution in [1.29, 1.82) is 5.41 Å². The summed E-state index contributed by atoms with van der Waals surface area (Å²) >= 11 is 0. The van der Waals surface area contributed by atoms with Crippen molar-refractivity contribution in [3.05, 3.63) is 53.6 Å². The number of rotatable bonds is 11. The number of benzene rings is 2. The Labute approximate surface area is 203 Å². The van der Waals surface area contributed by atoms with Gasteiger partial charge in [-0.05, 0) is 36.4 Å². The van der Waals surface area contributed by atoms with Gasteiger partial charge < -0.3 is 24.8 Å². The summed E-state index contributed by atoms with van der Waals surface area (Å²) in [5.74, 6) is 1.42. The SMILES string of the molecule is COCCN(CCOC)S(=O)(=O)c1ccc2c(c1)nc(Cc1nc3cc(C(=N)N)ccc3[nH]1)n2C. The lowest BCUT2D eigenvalue weighted by Crippen LogP contribution is -2.36. The van der Waals surface area contributed by atoms with E-state index in [4.69, 9.17) is 25.6 Å². The second-order valence-corrected chi connectivity index (χ2v) is 10.1. The molecule has 0 radical (unpaired) electrons. The first kappa shape index (κ1) is 24.8. The van der Waals surface area contributed by atoms with Gasteiger partial charge in [0.05, 0.1) is 46.6 Å². The summed E-state index contributed by atoms with van der Waals surface area (Å²) in [7, 11) is 1.21. The summed E-state index contributed by atoms with van der Waals surface area (Å²) in [6.45, 7) is 1.02. The van der Waals surface area contributed by atoms with Gasteiger partial charge in [0.1, 0.15) is 17.5 Å². The molecule has 11 nitrogen and oxygen atoms in total. The molecule has 2 heterocycles. The van der Waals surface area contributed by atoms with Crippen LogP contribution in [0.2, 0.25) is 0 Å². The maximum absolute atomic E-state index is 13.3. The Morgan fingerprint density at radius 2 is 1.80 bits per heavy atom. The lowest BCUT2D eigenvalue weighted by atomic mass is 10.2. The number of aryl methyl sites for hydroxylation is 1. The highest BCUT2D eigenvalue weighted by Gasteiger charge is 2.25. The standard InChI is InChI=1S/C23H29N7O4S/c1-29-20-7-5-16(35(31,32)30(8-10-33-2)9-11-34-3)13-19(20)28-22(29)14-21-26-17-6-4-15(23(24)25)12-18(17)27-21/h4-7,12-13H,8-11,14H2,1-3H3,(H3,24,25)(H,26,27). The second-order valence-electron chi connectivity index (χ2n) is 8.13. The molecule has 12 heteroatoms. The highest BCUT2D eigenvalue weighted by atomic mass is 32.2. The zero-order chi connectivity index (χ0) is 25.2. The highest BCUT2D eigenvalue weighted by molar-refractivity contribution is 7.89. The van der Waals surface area contributed by atoms with Crippen LogP contribution in [0.5, 0.6) is 0 Å². The molecule has 35 heavy (non-hydrogen) atoms. The van der Waals surface area contributed by atoms with E-state index >= 15 is 0 Å². The molecule has 0 fully saturated rings. The molecule has 0 aliphatic rings. The minimum Gasteiger partial charge on any atom is -0.384 e. The molecule has 0 unspecified atom stereocenters. The van der Waals surface area contributed by atoms with Crippen LogP contribution in [0, 0.1) is 5.41 Å². The van der Waals surface area contributed by atoms with Crippen LogP contribution in [0.25, 0.3) is 22.1 Å². The predicted octanol–water partition coefficient (Wildman–Crippen LogP) is 1.61. The van der Waals surface area contributed by atoms with Crippen LogP contribution in [-0.2, 0) is 33.0 Å². The minimum absolute atomic E-state index is 0.0134. The number of amidine groups is 1. The number of fused-ring (bicyclic) bond motifs is 2. The summed E-state index contributed by atoms with van der Waals surface area (Å²) in [5.41, 5.74) is 9.14. The van der Waals surface area contributed by atoms with E-state index in [1.54, 1.807) is 30.3 Å². The number of sulfonamides is 1. The first-order valence-electron chi connectivity index (χ1n) is 11.0. The molecule has 0 saturated heterocycles. The van der Waals surface area contributed by atoms with Crippen molar-refractivity contribution in [1.82, 2.24) is 23.8 Å². The van der Waals surface area contributed by atoms with Gasteiger partial charge in [-0.1, -0.05) is 0 Å². The molecule has 0 aliphatic heterocycles. The van der Waals surface area contributed by atoms with Gasteiger partial charge in [-0.25, -0.2) is 18.4 Å². The normalized spacial score (nSPS) is 12.2. The smallest absolute Gasteiger partial charge is 0.243 e. The third-order valence-corrected chi connectivity index (χ3v) is 7.74. The van der Waals surface area contributed by atoms with E-state index in [1.807, 2.05) is 17.7 Å². The molecule has 0 bridgehead atoms. The van der Waals surface area contributed by atoms with E-state index in [1.165, 1.54) is 18.5 Å². The number of H-pyrrole nitrogens is 1. The van der Waals surface area contributed by atoms with Crippen molar-refractivity contribution < 1.29 is 17.9 Å². The Bertz CT molecular complexity index is 1470. The average molecular weight is 500 g/mol. The Balaban J connectivity index is 1.64. The van der Waals surface area contributed by atoms with Crippen molar-refractivity contribution in [3.63, 3.8) is 0 Å². The van der Waals surface area contributed by atoms with Gasteiger partial charge in [0, 0.05) is 39.9 Å². The zero-order valence-electron chi connectivity index (χ0n) is 19.9. The zero-order valence-corrected chi connectivity index (χ0v) is 20.7. The molecule has 2 aromatic carbocycles. The third kappa shape index (κ3) is 5.05. The van der Waals surface area contributed by atoms with Crippen LogP contribution in [0.15, 0.2) is 41.3 Å². The summed E-state index contributed by atoms with van der Waals surface area (Å²) < 4.78 is 40.0. The molecule has 0 amide bonds. The Morgan fingerprint density at radius 1 is 1.09 bits per heavy atom. The minimum atomic E-state index is -3.75. The number of imidazole rings is 2. The molecule has 4 aromatic rings. The number of nitrogens with zero attached hydrogens (tertiary/aromatic N) is 4. The largest absolute Gasteiger partial charge is 0.384 e. The molecule has 4 N–H and O–H groups in total. The van der Waals surface area contributed by atoms with Gasteiger partial charge >= 0.3 is 0 Å². The number of ether oxygens (including phenoxy) is 2. The van der Waals surface area contributed by atoms with Gasteiger partial charge in [0.2, 0.25) is 10.0 Å². The quantitative estimate of drug-likeness (QED) is 0.209. The molecule has 0 saturated carbocycles. The van der Waals surface area contributed by atoms with Crippen molar-refractivity contribution in [2.45, 2.75) is 11.3 Å². The number of aromatic amines is 1. The maximum Gasteiger partial charge on any atom is 0.243 e. The average Bonchev–Trinajstić information content (AvgIpc) is 3.38. The number of nitrogen functional groups attached to an aromatic ring is 1. The number of hydrogen-bond donors (Lipinski definition) is 3. The van der Waals surface area contributed by atoms with Crippen molar-refractivity contribution in [2.24, 2.45) is 12.8 Å². The van der Waals surface area contributed by atoms with E-state index in [2.05, 4.69) is 9.97 Å². The molecule has 0 atom stereocenters. The summed E-state index contributed by atoms with van der Waals surface area (Å²) in [6, 6.07) is 10.3. The maximum atomic E-state index is 13.3. The molecule has 2 aromatic heterocycles. The van der Waals surface area contributed by atoms with Crippen LogP contribution in [0.1, 0.15) is 17.2 Å². The van der Waals surface area contributed by atoms with Gasteiger partial charge in [0.15, 0.2) is 0 Å². The van der Waals surface area contributed by atoms with E-state index < -0.39 is 10.0 Å². The lowest BCUT2D eigenvalue weighted by Gasteiger charge is -2.21.